The molecule has 1 fully saturated rings. The fourth-order valence-corrected chi connectivity index (χ4v) is 2.91. The summed E-state index contributed by atoms with van der Waals surface area (Å²) in [6.45, 7) is 11.6. The Morgan fingerprint density at radius 1 is 1.33 bits per heavy atom. The summed E-state index contributed by atoms with van der Waals surface area (Å²) < 4.78 is 5.45. The molecule has 0 aromatic heterocycles. The van der Waals surface area contributed by atoms with Gasteiger partial charge in [-0.05, 0) is 24.5 Å². The van der Waals surface area contributed by atoms with Crippen LogP contribution in [-0.2, 0) is 9.53 Å². The summed E-state index contributed by atoms with van der Waals surface area (Å²) in [5.41, 5.74) is 1.58. The van der Waals surface area contributed by atoms with E-state index in [0.29, 0.717) is 5.70 Å². The number of carbonyl (C=O) groups excluding carboxylic acids is 1. The highest BCUT2D eigenvalue weighted by atomic mass is 16.5. The first-order valence-corrected chi connectivity index (χ1v) is 8.64. The number of allylic oxidation sites excluding steroid dienone is 3. The Morgan fingerprint density at radius 2 is 2.04 bits per heavy atom. The molecule has 6 nitrogen and oxygen atoms in total. The summed E-state index contributed by atoms with van der Waals surface area (Å²) in [7, 11) is 0. The fraction of sp³-hybridized carbons (Fsp3) is 0.611. The number of rotatable bonds is 3. The third-order valence-electron chi connectivity index (χ3n) is 4.95. The van der Waals surface area contributed by atoms with Crippen molar-refractivity contribution in [3.05, 3.63) is 35.8 Å². The Bertz CT molecular complexity index is 582. The Balaban J connectivity index is 1.78. The van der Waals surface area contributed by atoms with Crippen LogP contribution in [0.25, 0.3) is 0 Å². The number of amides is 1. The van der Waals surface area contributed by atoms with Gasteiger partial charge in [0.2, 0.25) is 0 Å². The Hall–Kier alpha value is -1.79. The van der Waals surface area contributed by atoms with Crippen molar-refractivity contribution in [1.82, 2.24) is 20.4 Å². The zero-order valence-electron chi connectivity index (χ0n) is 15.0. The molecule has 0 radical (unpaired) electrons. The summed E-state index contributed by atoms with van der Waals surface area (Å²) >= 11 is 0. The molecule has 0 spiro atoms. The van der Waals surface area contributed by atoms with E-state index in [1.807, 2.05) is 31.4 Å². The molecule has 0 bridgehead atoms. The number of carbonyl (C=O) groups is 1. The minimum atomic E-state index is -0.0480. The van der Waals surface area contributed by atoms with E-state index in [0.717, 1.165) is 32.0 Å². The predicted molar refractivity (Wildman–Crippen MR) is 93.5 cm³/mol. The lowest BCUT2D eigenvalue weighted by Gasteiger charge is -2.37. The van der Waals surface area contributed by atoms with Gasteiger partial charge in [0.1, 0.15) is 5.70 Å². The molecule has 0 aromatic rings. The zero-order valence-corrected chi connectivity index (χ0v) is 15.0. The molecular weight excluding hydrogens is 304 g/mol. The fourth-order valence-electron chi connectivity index (χ4n) is 2.91. The highest BCUT2D eigenvalue weighted by Gasteiger charge is 2.37. The second-order valence-electron chi connectivity index (χ2n) is 7.60. The van der Waals surface area contributed by atoms with Crippen LogP contribution in [0.3, 0.4) is 0 Å². The number of hydrogen-bond donors (Lipinski definition) is 2. The average Bonchev–Trinajstić information content (AvgIpc) is 2.94. The highest BCUT2D eigenvalue weighted by Crippen LogP contribution is 2.28. The maximum Gasteiger partial charge on any atom is 0.269 e. The summed E-state index contributed by atoms with van der Waals surface area (Å²) in [4.78, 5) is 17.3. The van der Waals surface area contributed by atoms with Gasteiger partial charge >= 0.3 is 0 Å². The van der Waals surface area contributed by atoms with Crippen LogP contribution in [0.5, 0.6) is 0 Å². The van der Waals surface area contributed by atoms with Crippen molar-refractivity contribution in [3.8, 4) is 0 Å². The van der Waals surface area contributed by atoms with Crippen molar-refractivity contribution in [2.45, 2.75) is 40.0 Å². The van der Waals surface area contributed by atoms with Gasteiger partial charge in [-0.3, -0.25) is 9.69 Å². The number of ether oxygens (including phenoxy) is 1. The molecular formula is C18H28N4O2. The molecule has 132 valence electrons. The van der Waals surface area contributed by atoms with Gasteiger partial charge in [0.15, 0.2) is 6.29 Å². The first-order valence-electron chi connectivity index (χ1n) is 8.64. The van der Waals surface area contributed by atoms with Crippen LogP contribution in [0, 0.1) is 5.41 Å². The normalized spacial score (nSPS) is 25.5. The quantitative estimate of drug-likeness (QED) is 0.817. The molecule has 3 aliphatic rings. The first-order chi connectivity index (χ1) is 11.4. The largest absolute Gasteiger partial charge is 0.379 e. The van der Waals surface area contributed by atoms with Gasteiger partial charge in [-0.15, -0.1) is 0 Å². The molecule has 3 aliphatic heterocycles. The van der Waals surface area contributed by atoms with Gasteiger partial charge in [-0.2, -0.15) is 0 Å². The second kappa shape index (κ2) is 6.61. The number of hydrogen-bond acceptors (Lipinski definition) is 5. The standard InChI is InChI=1S/C18H28N4O2/c1-13(18(2,3)4)19-16(23)15-14-7-5-6-8-22(14)17(20-15)21-9-11-24-12-10-21/h5-8,13,17,20H,9-12H2,1-4H3,(H,19,23). The van der Waals surface area contributed by atoms with Crippen molar-refractivity contribution in [2.75, 3.05) is 26.3 Å². The van der Waals surface area contributed by atoms with Gasteiger partial charge in [0.25, 0.3) is 5.91 Å². The Labute approximate surface area is 144 Å². The molecule has 24 heavy (non-hydrogen) atoms. The number of nitrogens with zero attached hydrogens (tertiary/aromatic N) is 2. The van der Waals surface area contributed by atoms with Crippen LogP contribution in [0.15, 0.2) is 35.8 Å². The SMILES string of the molecule is CC(NC(=O)C1=C2C=CC=CN2C(N2CCOCC2)N1)C(C)(C)C. The van der Waals surface area contributed by atoms with Crippen molar-refractivity contribution in [1.29, 1.82) is 0 Å². The van der Waals surface area contributed by atoms with Crippen molar-refractivity contribution in [3.63, 3.8) is 0 Å². The van der Waals surface area contributed by atoms with E-state index in [1.165, 1.54) is 0 Å². The van der Waals surface area contributed by atoms with E-state index >= 15 is 0 Å². The lowest BCUT2D eigenvalue weighted by Crippen LogP contribution is -2.54. The van der Waals surface area contributed by atoms with Crippen molar-refractivity contribution < 1.29 is 9.53 Å². The predicted octanol–water partition coefficient (Wildman–Crippen LogP) is 1.35. The van der Waals surface area contributed by atoms with Crippen molar-refractivity contribution in [2.24, 2.45) is 5.41 Å². The monoisotopic (exact) mass is 332 g/mol. The highest BCUT2D eigenvalue weighted by molar-refractivity contribution is 5.95. The first kappa shape index (κ1) is 17.0. The minimum Gasteiger partial charge on any atom is -0.379 e. The second-order valence-corrected chi connectivity index (χ2v) is 7.60. The molecule has 2 unspecified atom stereocenters. The van der Waals surface area contributed by atoms with E-state index in [1.54, 1.807) is 0 Å². The van der Waals surface area contributed by atoms with E-state index < -0.39 is 0 Å². The van der Waals surface area contributed by atoms with Gasteiger partial charge in [-0.25, -0.2) is 0 Å². The van der Waals surface area contributed by atoms with E-state index in [-0.39, 0.29) is 23.7 Å². The van der Waals surface area contributed by atoms with Crippen molar-refractivity contribution >= 4 is 5.91 Å². The summed E-state index contributed by atoms with van der Waals surface area (Å²) in [5.74, 6) is -0.0480. The molecule has 0 aliphatic carbocycles. The summed E-state index contributed by atoms with van der Waals surface area (Å²) in [6.07, 6.45) is 7.95. The smallest absolute Gasteiger partial charge is 0.269 e. The Morgan fingerprint density at radius 3 is 2.71 bits per heavy atom. The van der Waals surface area contributed by atoms with Crippen LogP contribution in [0.1, 0.15) is 27.7 Å². The van der Waals surface area contributed by atoms with Gasteiger partial charge in [0, 0.05) is 25.3 Å². The van der Waals surface area contributed by atoms with Gasteiger partial charge < -0.3 is 20.3 Å². The number of morpholine rings is 1. The summed E-state index contributed by atoms with van der Waals surface area (Å²) in [6, 6.07) is 0.0823. The number of nitrogens with one attached hydrogen (secondary N) is 2. The molecule has 1 saturated heterocycles. The van der Waals surface area contributed by atoms with E-state index in [2.05, 4.69) is 41.2 Å². The molecule has 3 heterocycles. The Kier molecular flexibility index (Phi) is 4.69. The lowest BCUT2D eigenvalue weighted by molar-refractivity contribution is -0.119. The molecule has 0 aromatic carbocycles. The van der Waals surface area contributed by atoms with Crippen LogP contribution in [0.2, 0.25) is 0 Å². The lowest BCUT2D eigenvalue weighted by atomic mass is 9.88. The van der Waals surface area contributed by atoms with E-state index in [9.17, 15) is 4.79 Å². The maximum absolute atomic E-state index is 12.8. The minimum absolute atomic E-state index is 0.0189. The van der Waals surface area contributed by atoms with E-state index in [4.69, 9.17) is 4.74 Å². The van der Waals surface area contributed by atoms with Gasteiger partial charge in [0.05, 0.1) is 18.9 Å². The molecule has 2 N–H and O–H groups in total. The molecule has 6 heteroatoms. The third-order valence-corrected chi connectivity index (χ3v) is 4.95. The summed E-state index contributed by atoms with van der Waals surface area (Å²) in [5, 5.41) is 6.55. The molecule has 0 saturated carbocycles. The third kappa shape index (κ3) is 3.35. The van der Waals surface area contributed by atoms with Crippen LogP contribution in [0.4, 0.5) is 0 Å². The molecule has 1 amide bonds. The number of fused-ring (bicyclic) bond motifs is 1. The van der Waals surface area contributed by atoms with Crippen LogP contribution < -0.4 is 10.6 Å². The maximum atomic E-state index is 12.8. The molecule has 3 rings (SSSR count). The van der Waals surface area contributed by atoms with Crippen LogP contribution >= 0.6 is 0 Å². The van der Waals surface area contributed by atoms with Crippen LogP contribution in [-0.4, -0.2) is 54.3 Å². The molecule has 2 atom stereocenters. The zero-order chi connectivity index (χ0) is 17.3. The van der Waals surface area contributed by atoms with Gasteiger partial charge in [-0.1, -0.05) is 26.8 Å². The average molecular weight is 332 g/mol. The topological polar surface area (TPSA) is 56.8 Å².